The zero-order chi connectivity index (χ0) is 24.5. The first-order chi connectivity index (χ1) is 16.1. The Labute approximate surface area is 190 Å². The number of anilines is 1. The van der Waals surface area contributed by atoms with Crippen LogP contribution in [0.2, 0.25) is 0 Å². The molecule has 0 spiro atoms. The number of halogens is 4. The Morgan fingerprint density at radius 2 is 1.74 bits per heavy atom. The van der Waals surface area contributed by atoms with Gasteiger partial charge in [0.25, 0.3) is 5.91 Å². The number of carbonyl (C=O) groups is 2. The Bertz CT molecular complexity index is 1380. The minimum atomic E-state index is -4.54. The molecule has 0 radical (unpaired) electrons. The van der Waals surface area contributed by atoms with Crippen LogP contribution in [0.25, 0.3) is 16.8 Å². The van der Waals surface area contributed by atoms with Gasteiger partial charge >= 0.3 is 6.18 Å². The van der Waals surface area contributed by atoms with Gasteiger partial charge in [0.2, 0.25) is 5.91 Å². The zero-order valence-electron chi connectivity index (χ0n) is 17.3. The van der Waals surface area contributed by atoms with Crippen LogP contribution in [0.3, 0.4) is 0 Å². The van der Waals surface area contributed by atoms with E-state index < -0.39 is 29.4 Å². The molecular weight excluding hydrogens is 452 g/mol. The summed E-state index contributed by atoms with van der Waals surface area (Å²) in [5.74, 6) is -2.37. The fraction of sp³-hybridized carbons (Fsp3) is 0.0417. The van der Waals surface area contributed by atoms with Crippen LogP contribution in [0.5, 0.6) is 0 Å². The fourth-order valence-electron chi connectivity index (χ4n) is 3.35. The van der Waals surface area contributed by atoms with Crippen LogP contribution in [-0.2, 0) is 6.18 Å². The van der Waals surface area contributed by atoms with Crippen molar-refractivity contribution in [3.63, 3.8) is 0 Å². The maximum Gasteiger partial charge on any atom is 0.416 e. The molecular formula is C24H16F4N4O2. The van der Waals surface area contributed by atoms with Crippen molar-refractivity contribution in [1.29, 1.82) is 0 Å². The Morgan fingerprint density at radius 1 is 0.971 bits per heavy atom. The second-order valence-corrected chi connectivity index (χ2v) is 7.29. The van der Waals surface area contributed by atoms with Crippen molar-refractivity contribution in [2.45, 2.75) is 6.18 Å². The van der Waals surface area contributed by atoms with Gasteiger partial charge in [-0.05, 0) is 53.6 Å². The number of benzene rings is 3. The van der Waals surface area contributed by atoms with E-state index in [1.165, 1.54) is 59.6 Å². The number of carbonyl (C=O) groups excluding carboxylic acids is 2. The monoisotopic (exact) mass is 468 g/mol. The van der Waals surface area contributed by atoms with Gasteiger partial charge in [-0.2, -0.15) is 13.2 Å². The van der Waals surface area contributed by atoms with Crippen molar-refractivity contribution >= 4 is 17.5 Å². The number of aromatic nitrogens is 2. The highest BCUT2D eigenvalue weighted by molar-refractivity contribution is 6.06. The normalized spacial score (nSPS) is 11.3. The molecule has 0 aliphatic rings. The smallest absolute Gasteiger partial charge is 0.366 e. The Morgan fingerprint density at radius 3 is 2.38 bits per heavy atom. The van der Waals surface area contributed by atoms with Crippen LogP contribution in [0.1, 0.15) is 26.3 Å². The molecule has 0 saturated heterocycles. The van der Waals surface area contributed by atoms with Gasteiger partial charge in [0.15, 0.2) is 0 Å². The standard InChI is InChI=1S/C24H16F4N4O2/c25-19-11-15(14-2-1-3-17(10-14)24(26,27)28)4-6-18(19)23(34)31-20-7-5-16(22(29)33)12-21(20)32-9-8-30-13-32/h1-13H,(H2,29,33)(H,31,34). The van der Waals surface area contributed by atoms with Crippen LogP contribution in [0.4, 0.5) is 23.2 Å². The Kier molecular flexibility index (Phi) is 5.89. The quantitative estimate of drug-likeness (QED) is 0.402. The molecule has 10 heteroatoms. The van der Waals surface area contributed by atoms with Crippen LogP contribution in [0, 0.1) is 5.82 Å². The summed E-state index contributed by atoms with van der Waals surface area (Å²) in [7, 11) is 0. The zero-order valence-corrected chi connectivity index (χ0v) is 17.3. The molecule has 4 rings (SSSR count). The lowest BCUT2D eigenvalue weighted by Crippen LogP contribution is -2.17. The van der Waals surface area contributed by atoms with Crippen LogP contribution in [-0.4, -0.2) is 21.4 Å². The van der Waals surface area contributed by atoms with Crippen LogP contribution < -0.4 is 11.1 Å². The summed E-state index contributed by atoms with van der Waals surface area (Å²) >= 11 is 0. The van der Waals surface area contributed by atoms with Crippen molar-refractivity contribution in [1.82, 2.24) is 9.55 Å². The lowest BCUT2D eigenvalue weighted by Gasteiger charge is -2.14. The molecule has 0 bridgehead atoms. The number of hydrogen-bond acceptors (Lipinski definition) is 3. The number of rotatable bonds is 5. The predicted octanol–water partition coefficient (Wildman–Crippen LogP) is 5.05. The van der Waals surface area contributed by atoms with Gasteiger partial charge in [-0.25, -0.2) is 9.37 Å². The molecule has 4 aromatic rings. The minimum Gasteiger partial charge on any atom is -0.366 e. The van der Waals surface area contributed by atoms with Gasteiger partial charge < -0.3 is 15.6 Å². The molecule has 0 saturated carbocycles. The minimum absolute atomic E-state index is 0.158. The third-order valence-corrected chi connectivity index (χ3v) is 5.05. The average molecular weight is 468 g/mol. The molecule has 0 aliphatic heterocycles. The van der Waals surface area contributed by atoms with Crippen molar-refractivity contribution in [2.75, 3.05) is 5.32 Å². The van der Waals surface area contributed by atoms with Crippen molar-refractivity contribution in [3.05, 3.63) is 102 Å². The number of imidazole rings is 1. The topological polar surface area (TPSA) is 90.0 Å². The third kappa shape index (κ3) is 4.65. The van der Waals surface area contributed by atoms with E-state index in [1.54, 1.807) is 6.20 Å². The van der Waals surface area contributed by atoms with Gasteiger partial charge in [0.1, 0.15) is 5.82 Å². The molecule has 0 atom stereocenters. The summed E-state index contributed by atoms with van der Waals surface area (Å²) < 4.78 is 55.3. The summed E-state index contributed by atoms with van der Waals surface area (Å²) in [6, 6.07) is 12.3. The number of alkyl halides is 3. The molecule has 0 fully saturated rings. The van der Waals surface area contributed by atoms with Gasteiger partial charge in [0.05, 0.1) is 28.8 Å². The summed E-state index contributed by atoms with van der Waals surface area (Å²) in [4.78, 5) is 28.3. The SMILES string of the molecule is NC(=O)c1ccc(NC(=O)c2ccc(-c3cccc(C(F)(F)F)c3)cc2F)c(-n2ccnc2)c1. The molecule has 6 nitrogen and oxygen atoms in total. The van der Waals surface area contributed by atoms with Crippen LogP contribution in [0.15, 0.2) is 79.4 Å². The summed E-state index contributed by atoms with van der Waals surface area (Å²) in [5, 5.41) is 2.58. The van der Waals surface area contributed by atoms with E-state index in [2.05, 4.69) is 10.3 Å². The second kappa shape index (κ2) is 8.81. The maximum atomic E-state index is 14.8. The molecule has 3 N–H and O–H groups in total. The van der Waals surface area contributed by atoms with Crippen molar-refractivity contribution in [3.8, 4) is 16.8 Å². The molecule has 0 unspecified atom stereocenters. The maximum absolute atomic E-state index is 14.8. The number of amides is 2. The van der Waals surface area contributed by atoms with Gasteiger partial charge in [-0.15, -0.1) is 0 Å². The van der Waals surface area contributed by atoms with Crippen molar-refractivity contribution < 1.29 is 27.2 Å². The lowest BCUT2D eigenvalue weighted by molar-refractivity contribution is -0.137. The molecule has 34 heavy (non-hydrogen) atoms. The first-order valence-electron chi connectivity index (χ1n) is 9.84. The largest absolute Gasteiger partial charge is 0.416 e. The van der Waals surface area contributed by atoms with E-state index in [9.17, 15) is 27.2 Å². The number of primary amides is 1. The molecule has 1 aromatic heterocycles. The van der Waals surface area contributed by atoms with E-state index in [0.29, 0.717) is 5.69 Å². The number of nitrogens with two attached hydrogens (primary N) is 1. The number of nitrogens with one attached hydrogen (secondary N) is 1. The Hall–Kier alpha value is -4.47. The molecule has 2 amide bonds. The summed E-state index contributed by atoms with van der Waals surface area (Å²) in [5.41, 5.74) is 5.33. The van der Waals surface area contributed by atoms with Gasteiger partial charge in [0, 0.05) is 18.0 Å². The first-order valence-corrected chi connectivity index (χ1v) is 9.84. The van der Waals surface area contributed by atoms with E-state index in [1.807, 2.05) is 0 Å². The highest BCUT2D eigenvalue weighted by Crippen LogP contribution is 2.32. The van der Waals surface area contributed by atoms with E-state index in [4.69, 9.17) is 5.73 Å². The molecule has 1 heterocycles. The molecule has 0 aliphatic carbocycles. The average Bonchev–Trinajstić information content (AvgIpc) is 3.33. The summed E-state index contributed by atoms with van der Waals surface area (Å²) in [6.45, 7) is 0. The van der Waals surface area contributed by atoms with Gasteiger partial charge in [-0.1, -0.05) is 18.2 Å². The fourth-order valence-corrected chi connectivity index (χ4v) is 3.35. The van der Waals surface area contributed by atoms with Crippen LogP contribution >= 0.6 is 0 Å². The first kappa shape index (κ1) is 22.7. The Balaban J connectivity index is 1.64. The predicted molar refractivity (Wildman–Crippen MR) is 117 cm³/mol. The van der Waals surface area contributed by atoms with Crippen molar-refractivity contribution in [2.24, 2.45) is 5.73 Å². The number of hydrogen-bond donors (Lipinski definition) is 2. The van der Waals surface area contributed by atoms with E-state index in [-0.39, 0.29) is 27.9 Å². The summed E-state index contributed by atoms with van der Waals surface area (Å²) in [6.07, 6.45) is -0.0134. The highest BCUT2D eigenvalue weighted by atomic mass is 19.4. The second-order valence-electron chi connectivity index (χ2n) is 7.29. The molecule has 3 aromatic carbocycles. The molecule has 172 valence electrons. The number of nitrogens with zero attached hydrogens (tertiary/aromatic N) is 2. The lowest BCUT2D eigenvalue weighted by atomic mass is 10.0. The highest BCUT2D eigenvalue weighted by Gasteiger charge is 2.30. The van der Waals surface area contributed by atoms with Gasteiger partial charge in [-0.3, -0.25) is 9.59 Å². The van der Waals surface area contributed by atoms with E-state index >= 15 is 0 Å². The third-order valence-electron chi connectivity index (χ3n) is 5.05. The van der Waals surface area contributed by atoms with E-state index in [0.717, 1.165) is 18.2 Å².